The smallest absolute Gasteiger partial charge is 0.354 e. The topological polar surface area (TPSA) is 91.8 Å². The Morgan fingerprint density at radius 2 is 1.96 bits per heavy atom. The number of rotatable bonds is 5. The second kappa shape index (κ2) is 7.23. The maximum atomic E-state index is 12.7. The van der Waals surface area contributed by atoms with Gasteiger partial charge in [-0.1, -0.05) is 0 Å². The lowest BCUT2D eigenvalue weighted by molar-refractivity contribution is -0.128. The van der Waals surface area contributed by atoms with Crippen molar-refractivity contribution in [1.29, 1.82) is 0 Å². The Labute approximate surface area is 152 Å². The fourth-order valence-electron chi connectivity index (χ4n) is 4.19. The number of carboxylic acids is 1. The molecule has 3 aliphatic rings. The SMILES string of the molecule is O=C(O)c1cc(N2C[C@H](NC(=O)C3CCOCC3)[C@@H](C3CC3)C2)ccn1. The minimum Gasteiger partial charge on any atom is -0.477 e. The molecule has 1 amide bonds. The molecule has 0 spiro atoms. The highest BCUT2D eigenvalue weighted by atomic mass is 16.5. The van der Waals surface area contributed by atoms with E-state index in [1.165, 1.54) is 12.8 Å². The zero-order valence-corrected chi connectivity index (χ0v) is 14.8. The predicted molar refractivity (Wildman–Crippen MR) is 95.1 cm³/mol. The number of ether oxygens (including phenoxy) is 1. The highest BCUT2D eigenvalue weighted by Gasteiger charge is 2.43. The minimum absolute atomic E-state index is 0.0530. The highest BCUT2D eigenvalue weighted by molar-refractivity contribution is 5.86. The molecular weight excluding hydrogens is 334 g/mol. The molecule has 2 N–H and O–H groups in total. The van der Waals surface area contributed by atoms with Crippen LogP contribution in [0.4, 0.5) is 5.69 Å². The summed E-state index contributed by atoms with van der Waals surface area (Å²) in [6.45, 7) is 2.90. The summed E-state index contributed by atoms with van der Waals surface area (Å²) in [4.78, 5) is 29.9. The van der Waals surface area contributed by atoms with Crippen LogP contribution in [-0.4, -0.2) is 54.3 Å². The predicted octanol–water partition coefficient (Wildman–Crippen LogP) is 1.54. The molecule has 7 heteroatoms. The number of nitrogens with zero attached hydrogens (tertiary/aromatic N) is 2. The number of anilines is 1. The molecule has 0 unspecified atom stereocenters. The summed E-state index contributed by atoms with van der Waals surface area (Å²) in [6, 6.07) is 3.59. The van der Waals surface area contributed by atoms with Gasteiger partial charge in [-0.2, -0.15) is 0 Å². The molecular formula is C19H25N3O4. The summed E-state index contributed by atoms with van der Waals surface area (Å²) in [5.74, 6) is 0.277. The average Bonchev–Trinajstić information content (AvgIpc) is 3.43. The van der Waals surface area contributed by atoms with E-state index in [-0.39, 0.29) is 23.6 Å². The van der Waals surface area contributed by atoms with Gasteiger partial charge in [-0.3, -0.25) is 4.79 Å². The number of carbonyl (C=O) groups excluding carboxylic acids is 1. The fourth-order valence-corrected chi connectivity index (χ4v) is 4.19. The molecule has 7 nitrogen and oxygen atoms in total. The molecule has 26 heavy (non-hydrogen) atoms. The van der Waals surface area contributed by atoms with Crippen molar-refractivity contribution >= 4 is 17.6 Å². The number of carbonyl (C=O) groups is 2. The van der Waals surface area contributed by atoms with Gasteiger partial charge in [0.2, 0.25) is 5.91 Å². The Bertz CT molecular complexity index is 685. The van der Waals surface area contributed by atoms with Crippen LogP contribution in [0, 0.1) is 17.8 Å². The maximum Gasteiger partial charge on any atom is 0.354 e. The van der Waals surface area contributed by atoms with Crippen LogP contribution in [0.15, 0.2) is 18.3 Å². The summed E-state index contributed by atoms with van der Waals surface area (Å²) in [5.41, 5.74) is 0.922. The number of hydrogen-bond acceptors (Lipinski definition) is 5. The molecule has 4 rings (SSSR count). The van der Waals surface area contributed by atoms with E-state index < -0.39 is 5.97 Å². The van der Waals surface area contributed by atoms with Crippen molar-refractivity contribution in [2.24, 2.45) is 17.8 Å². The first-order valence-electron chi connectivity index (χ1n) is 9.44. The molecule has 140 valence electrons. The Morgan fingerprint density at radius 3 is 2.65 bits per heavy atom. The van der Waals surface area contributed by atoms with Gasteiger partial charge in [0.25, 0.3) is 0 Å². The molecule has 2 aliphatic heterocycles. The van der Waals surface area contributed by atoms with E-state index in [4.69, 9.17) is 9.84 Å². The first-order chi connectivity index (χ1) is 12.6. The highest BCUT2D eigenvalue weighted by Crippen LogP contribution is 2.42. The van der Waals surface area contributed by atoms with Crippen molar-refractivity contribution in [3.63, 3.8) is 0 Å². The number of aromatic carboxylic acids is 1. The van der Waals surface area contributed by atoms with E-state index in [1.807, 2.05) is 6.07 Å². The molecule has 1 aromatic rings. The van der Waals surface area contributed by atoms with Crippen molar-refractivity contribution < 1.29 is 19.4 Å². The first-order valence-corrected chi connectivity index (χ1v) is 9.44. The van der Waals surface area contributed by atoms with Gasteiger partial charge in [0.1, 0.15) is 5.69 Å². The van der Waals surface area contributed by atoms with E-state index in [0.29, 0.717) is 25.0 Å². The summed E-state index contributed by atoms with van der Waals surface area (Å²) >= 11 is 0. The summed E-state index contributed by atoms with van der Waals surface area (Å²) < 4.78 is 5.35. The molecule has 2 atom stereocenters. The van der Waals surface area contributed by atoms with Crippen LogP contribution >= 0.6 is 0 Å². The van der Waals surface area contributed by atoms with Crippen molar-refractivity contribution in [2.45, 2.75) is 31.7 Å². The maximum absolute atomic E-state index is 12.7. The monoisotopic (exact) mass is 359 g/mol. The van der Waals surface area contributed by atoms with Gasteiger partial charge in [-0.05, 0) is 43.7 Å². The Balaban J connectivity index is 1.46. The number of carboxylic acid groups (broad SMARTS) is 1. The van der Waals surface area contributed by atoms with Crippen molar-refractivity contribution in [1.82, 2.24) is 10.3 Å². The molecule has 2 saturated heterocycles. The van der Waals surface area contributed by atoms with Gasteiger partial charge in [0.05, 0.1) is 6.04 Å². The van der Waals surface area contributed by atoms with E-state index in [9.17, 15) is 9.59 Å². The average molecular weight is 359 g/mol. The van der Waals surface area contributed by atoms with Gasteiger partial charge in [0, 0.05) is 50.0 Å². The Kier molecular flexibility index (Phi) is 4.80. The van der Waals surface area contributed by atoms with Crippen LogP contribution in [0.3, 0.4) is 0 Å². The van der Waals surface area contributed by atoms with Gasteiger partial charge in [-0.25, -0.2) is 9.78 Å². The lowest BCUT2D eigenvalue weighted by Crippen LogP contribution is -2.45. The number of amides is 1. The second-order valence-corrected chi connectivity index (χ2v) is 7.61. The zero-order chi connectivity index (χ0) is 18.1. The lowest BCUT2D eigenvalue weighted by Gasteiger charge is -2.25. The van der Waals surface area contributed by atoms with Gasteiger partial charge in [0.15, 0.2) is 0 Å². The Hall–Kier alpha value is -2.15. The van der Waals surface area contributed by atoms with Crippen LogP contribution in [0.5, 0.6) is 0 Å². The van der Waals surface area contributed by atoms with E-state index >= 15 is 0 Å². The molecule has 0 bridgehead atoms. The molecule has 0 aromatic carbocycles. The number of nitrogens with one attached hydrogen (secondary N) is 1. The third-order valence-corrected chi connectivity index (χ3v) is 5.84. The van der Waals surface area contributed by atoms with Crippen molar-refractivity contribution in [2.75, 3.05) is 31.2 Å². The summed E-state index contributed by atoms with van der Waals surface area (Å²) in [7, 11) is 0. The van der Waals surface area contributed by atoms with Crippen molar-refractivity contribution in [3.8, 4) is 0 Å². The van der Waals surface area contributed by atoms with Gasteiger partial charge >= 0.3 is 5.97 Å². The van der Waals surface area contributed by atoms with Crippen LogP contribution in [0.1, 0.15) is 36.2 Å². The molecule has 3 fully saturated rings. The van der Waals surface area contributed by atoms with E-state index in [0.717, 1.165) is 31.6 Å². The van der Waals surface area contributed by atoms with Crippen LogP contribution in [0.2, 0.25) is 0 Å². The third-order valence-electron chi connectivity index (χ3n) is 5.84. The zero-order valence-electron chi connectivity index (χ0n) is 14.8. The molecule has 3 heterocycles. The fraction of sp³-hybridized carbons (Fsp3) is 0.632. The molecule has 0 radical (unpaired) electrons. The normalized spacial score (nSPS) is 26.7. The van der Waals surface area contributed by atoms with Crippen LogP contribution < -0.4 is 10.2 Å². The largest absolute Gasteiger partial charge is 0.477 e. The first kappa shape index (κ1) is 17.3. The third kappa shape index (κ3) is 3.67. The minimum atomic E-state index is -1.02. The van der Waals surface area contributed by atoms with Crippen molar-refractivity contribution in [3.05, 3.63) is 24.0 Å². The van der Waals surface area contributed by atoms with E-state index in [2.05, 4.69) is 15.2 Å². The van der Waals surface area contributed by atoms with E-state index in [1.54, 1.807) is 12.3 Å². The van der Waals surface area contributed by atoms with Gasteiger partial charge < -0.3 is 20.1 Å². The van der Waals surface area contributed by atoms with Gasteiger partial charge in [-0.15, -0.1) is 0 Å². The number of aromatic nitrogens is 1. The summed E-state index contributed by atoms with van der Waals surface area (Å²) in [5, 5.41) is 12.5. The molecule has 1 aliphatic carbocycles. The second-order valence-electron chi connectivity index (χ2n) is 7.61. The van der Waals surface area contributed by atoms with Crippen LogP contribution in [-0.2, 0) is 9.53 Å². The quantitative estimate of drug-likeness (QED) is 0.829. The Morgan fingerprint density at radius 1 is 1.19 bits per heavy atom. The molecule has 1 saturated carbocycles. The number of pyridine rings is 1. The standard InChI is InChI=1S/C19H25N3O4/c23-18(13-4-7-26-8-5-13)21-17-11-22(10-15(17)12-1-2-12)14-3-6-20-16(9-14)19(24)25/h3,6,9,12-13,15,17H,1-2,4-5,7-8,10-11H2,(H,21,23)(H,24,25)/t15-,17+/m1/s1. The number of hydrogen-bond donors (Lipinski definition) is 2. The lowest BCUT2D eigenvalue weighted by atomic mass is 9.95. The van der Waals surface area contributed by atoms with Crippen LogP contribution in [0.25, 0.3) is 0 Å². The molecule has 1 aromatic heterocycles. The summed E-state index contributed by atoms with van der Waals surface area (Å²) in [6.07, 6.45) is 5.57.